The molecular formula is C22H23FN4O. The molecule has 1 aliphatic heterocycles. The summed E-state index contributed by atoms with van der Waals surface area (Å²) < 4.78 is 14.0. The SMILES string of the molecule is CC(C1CC(c2ccccc2)NN1)N(C)C(=O)c1ccc2cccc(F)c2n1. The van der Waals surface area contributed by atoms with Crippen LogP contribution in [0.1, 0.15) is 35.4 Å². The zero-order valence-corrected chi connectivity index (χ0v) is 15.9. The molecule has 2 N–H and O–H groups in total. The lowest BCUT2D eigenvalue weighted by molar-refractivity contribution is 0.0709. The molecule has 0 spiro atoms. The van der Waals surface area contributed by atoms with Gasteiger partial charge in [0.15, 0.2) is 0 Å². The second kappa shape index (κ2) is 7.66. The Hall–Kier alpha value is -2.83. The van der Waals surface area contributed by atoms with Crippen molar-refractivity contribution in [3.63, 3.8) is 0 Å². The molecule has 2 aromatic carbocycles. The van der Waals surface area contributed by atoms with Gasteiger partial charge < -0.3 is 4.90 Å². The molecule has 1 aromatic heterocycles. The maximum absolute atomic E-state index is 14.0. The van der Waals surface area contributed by atoms with Crippen LogP contribution >= 0.6 is 0 Å². The van der Waals surface area contributed by atoms with Crippen LogP contribution in [0.4, 0.5) is 4.39 Å². The molecule has 0 aliphatic carbocycles. The monoisotopic (exact) mass is 378 g/mol. The van der Waals surface area contributed by atoms with E-state index in [0.29, 0.717) is 5.39 Å². The van der Waals surface area contributed by atoms with E-state index in [1.807, 2.05) is 25.1 Å². The van der Waals surface area contributed by atoms with Crippen LogP contribution < -0.4 is 10.9 Å². The number of hydrogen-bond donors (Lipinski definition) is 2. The molecule has 0 saturated carbocycles. The number of nitrogens with zero attached hydrogens (tertiary/aromatic N) is 2. The van der Waals surface area contributed by atoms with E-state index in [1.165, 1.54) is 11.6 Å². The van der Waals surface area contributed by atoms with Gasteiger partial charge in [0, 0.05) is 30.6 Å². The van der Waals surface area contributed by atoms with Gasteiger partial charge in [-0.2, -0.15) is 0 Å². The molecule has 1 amide bonds. The molecule has 3 aromatic rings. The van der Waals surface area contributed by atoms with Gasteiger partial charge in [0.25, 0.3) is 5.91 Å². The van der Waals surface area contributed by atoms with Crippen LogP contribution in [0.2, 0.25) is 0 Å². The topological polar surface area (TPSA) is 57.3 Å². The summed E-state index contributed by atoms with van der Waals surface area (Å²) in [5, 5.41) is 0.680. The van der Waals surface area contributed by atoms with Crippen molar-refractivity contribution in [1.29, 1.82) is 0 Å². The summed E-state index contributed by atoms with van der Waals surface area (Å²) in [5.41, 5.74) is 8.31. The van der Waals surface area contributed by atoms with Crippen LogP contribution in [0.5, 0.6) is 0 Å². The predicted molar refractivity (Wildman–Crippen MR) is 107 cm³/mol. The first kappa shape index (κ1) is 18.5. The van der Waals surface area contributed by atoms with Crippen molar-refractivity contribution in [3.8, 4) is 0 Å². The molecule has 1 fully saturated rings. The normalized spacial score (nSPS) is 20.2. The van der Waals surface area contributed by atoms with Crippen molar-refractivity contribution in [2.75, 3.05) is 7.05 Å². The number of benzene rings is 2. The minimum absolute atomic E-state index is 0.0631. The van der Waals surface area contributed by atoms with E-state index >= 15 is 0 Å². The predicted octanol–water partition coefficient (Wildman–Crippen LogP) is 3.44. The summed E-state index contributed by atoms with van der Waals surface area (Å²) >= 11 is 0. The number of fused-ring (bicyclic) bond motifs is 1. The fraction of sp³-hybridized carbons (Fsp3) is 0.273. The van der Waals surface area contributed by atoms with Crippen molar-refractivity contribution in [1.82, 2.24) is 20.7 Å². The van der Waals surface area contributed by atoms with Gasteiger partial charge in [0.05, 0.1) is 0 Å². The zero-order valence-electron chi connectivity index (χ0n) is 15.9. The molecule has 144 valence electrons. The molecular weight excluding hydrogens is 355 g/mol. The molecule has 1 aliphatic rings. The van der Waals surface area contributed by atoms with Crippen molar-refractivity contribution < 1.29 is 9.18 Å². The number of likely N-dealkylation sites (N-methyl/N-ethyl adjacent to an activating group) is 1. The Morgan fingerprint density at radius 1 is 1.11 bits per heavy atom. The molecule has 0 radical (unpaired) electrons. The highest BCUT2D eigenvalue weighted by molar-refractivity contribution is 5.95. The fourth-order valence-corrected chi connectivity index (χ4v) is 3.67. The van der Waals surface area contributed by atoms with E-state index in [-0.39, 0.29) is 35.2 Å². The van der Waals surface area contributed by atoms with Gasteiger partial charge >= 0.3 is 0 Å². The molecule has 0 bridgehead atoms. The summed E-state index contributed by atoms with van der Waals surface area (Å²) in [6.07, 6.45) is 0.864. The largest absolute Gasteiger partial charge is 0.336 e. The maximum Gasteiger partial charge on any atom is 0.272 e. The van der Waals surface area contributed by atoms with Crippen molar-refractivity contribution in [2.24, 2.45) is 0 Å². The first-order valence-corrected chi connectivity index (χ1v) is 9.43. The number of hydrogen-bond acceptors (Lipinski definition) is 4. The number of carbonyl (C=O) groups is 1. The van der Waals surface area contributed by atoms with E-state index in [1.54, 1.807) is 36.2 Å². The molecule has 1 saturated heterocycles. The van der Waals surface area contributed by atoms with Crippen LogP contribution in [0, 0.1) is 5.82 Å². The summed E-state index contributed by atoms with van der Waals surface area (Å²) in [6, 6.07) is 18.6. The Balaban J connectivity index is 1.49. The number of para-hydroxylation sites is 1. The number of rotatable bonds is 4. The van der Waals surface area contributed by atoms with E-state index in [4.69, 9.17) is 0 Å². The highest BCUT2D eigenvalue weighted by atomic mass is 19.1. The lowest BCUT2D eigenvalue weighted by Gasteiger charge is -2.29. The summed E-state index contributed by atoms with van der Waals surface area (Å²) in [7, 11) is 1.76. The summed E-state index contributed by atoms with van der Waals surface area (Å²) in [6.45, 7) is 2.01. The Bertz CT molecular complexity index is 994. The lowest BCUT2D eigenvalue weighted by atomic mass is 9.98. The van der Waals surface area contributed by atoms with E-state index < -0.39 is 5.82 Å². The quantitative estimate of drug-likeness (QED) is 0.730. The van der Waals surface area contributed by atoms with Crippen molar-refractivity contribution >= 4 is 16.8 Å². The van der Waals surface area contributed by atoms with Gasteiger partial charge in [-0.15, -0.1) is 0 Å². The number of carbonyl (C=O) groups excluding carboxylic acids is 1. The van der Waals surface area contributed by atoms with Gasteiger partial charge in [0.2, 0.25) is 0 Å². The zero-order chi connectivity index (χ0) is 19.7. The van der Waals surface area contributed by atoms with Crippen LogP contribution in [0.3, 0.4) is 0 Å². The molecule has 2 heterocycles. The number of amides is 1. The minimum atomic E-state index is -0.421. The summed E-state index contributed by atoms with van der Waals surface area (Å²) in [5.74, 6) is -0.641. The first-order valence-electron chi connectivity index (χ1n) is 9.43. The average Bonchev–Trinajstić information content (AvgIpc) is 3.23. The van der Waals surface area contributed by atoms with Gasteiger partial charge in [-0.3, -0.25) is 10.2 Å². The number of hydrazine groups is 1. The lowest BCUT2D eigenvalue weighted by Crippen LogP contribution is -2.48. The first-order chi connectivity index (χ1) is 13.5. The summed E-state index contributed by atoms with van der Waals surface area (Å²) in [4.78, 5) is 18.9. The van der Waals surface area contributed by atoms with Crippen LogP contribution in [0.15, 0.2) is 60.7 Å². The maximum atomic E-state index is 14.0. The molecule has 3 atom stereocenters. The standard InChI is InChI=1S/C22H23FN4O/c1-14(19-13-20(26-25-19)15-7-4-3-5-8-15)27(2)22(28)18-12-11-16-9-6-10-17(23)21(16)24-18/h3-12,14,19-20,25-26H,13H2,1-2H3. The Labute approximate surface area is 163 Å². The molecule has 3 unspecified atom stereocenters. The molecule has 28 heavy (non-hydrogen) atoms. The van der Waals surface area contributed by atoms with E-state index in [0.717, 1.165) is 6.42 Å². The van der Waals surface area contributed by atoms with Gasteiger partial charge in [-0.25, -0.2) is 14.8 Å². The minimum Gasteiger partial charge on any atom is -0.336 e. The Kier molecular flexibility index (Phi) is 5.07. The Morgan fingerprint density at radius 2 is 1.89 bits per heavy atom. The number of pyridine rings is 1. The smallest absolute Gasteiger partial charge is 0.272 e. The second-order valence-corrected chi connectivity index (χ2v) is 7.26. The van der Waals surface area contributed by atoms with Crippen LogP contribution in [0.25, 0.3) is 10.9 Å². The van der Waals surface area contributed by atoms with E-state index in [2.05, 4.69) is 28.0 Å². The van der Waals surface area contributed by atoms with Gasteiger partial charge in [0.1, 0.15) is 17.0 Å². The number of aromatic nitrogens is 1. The number of nitrogens with one attached hydrogen (secondary N) is 2. The highest BCUT2D eigenvalue weighted by Gasteiger charge is 2.32. The van der Waals surface area contributed by atoms with E-state index in [9.17, 15) is 9.18 Å². The average molecular weight is 378 g/mol. The Morgan fingerprint density at radius 3 is 2.68 bits per heavy atom. The third-order valence-corrected chi connectivity index (χ3v) is 5.54. The molecule has 5 nitrogen and oxygen atoms in total. The van der Waals surface area contributed by atoms with Crippen LogP contribution in [-0.4, -0.2) is 34.9 Å². The van der Waals surface area contributed by atoms with Crippen LogP contribution in [-0.2, 0) is 0 Å². The number of halogens is 1. The highest BCUT2D eigenvalue weighted by Crippen LogP contribution is 2.25. The third kappa shape index (κ3) is 3.48. The van der Waals surface area contributed by atoms with Crippen molar-refractivity contribution in [2.45, 2.75) is 31.5 Å². The van der Waals surface area contributed by atoms with Gasteiger partial charge in [-0.05, 0) is 31.0 Å². The van der Waals surface area contributed by atoms with Gasteiger partial charge in [-0.1, -0.05) is 48.5 Å². The molecule has 4 rings (SSSR count). The van der Waals surface area contributed by atoms with Crippen molar-refractivity contribution in [3.05, 3.63) is 77.7 Å². The third-order valence-electron chi connectivity index (χ3n) is 5.54. The molecule has 6 heteroatoms. The second-order valence-electron chi connectivity index (χ2n) is 7.26. The fourth-order valence-electron chi connectivity index (χ4n) is 3.67.